The van der Waals surface area contributed by atoms with Gasteiger partial charge in [0.05, 0.1) is 11.9 Å². The summed E-state index contributed by atoms with van der Waals surface area (Å²) in [5.74, 6) is 0.798. The lowest BCUT2D eigenvalue weighted by Crippen LogP contribution is -2.24. The van der Waals surface area contributed by atoms with Gasteiger partial charge in [-0.15, -0.1) is 11.3 Å². The summed E-state index contributed by atoms with van der Waals surface area (Å²) in [6.45, 7) is 2.65. The Bertz CT molecular complexity index is 1260. The Morgan fingerprint density at radius 2 is 1.90 bits per heavy atom. The maximum atomic E-state index is 13.7. The molecule has 0 bridgehead atoms. The van der Waals surface area contributed by atoms with E-state index in [1.165, 1.54) is 28.0 Å². The van der Waals surface area contributed by atoms with E-state index in [-0.39, 0.29) is 5.56 Å². The van der Waals surface area contributed by atoms with Gasteiger partial charge in [-0.3, -0.25) is 14.3 Å². The molecule has 4 nitrogen and oxygen atoms in total. The van der Waals surface area contributed by atoms with Crippen LogP contribution in [0.5, 0.6) is 0 Å². The van der Waals surface area contributed by atoms with Crippen molar-refractivity contribution < 1.29 is 0 Å². The van der Waals surface area contributed by atoms with Crippen LogP contribution in [0.3, 0.4) is 0 Å². The van der Waals surface area contributed by atoms with E-state index in [1.54, 1.807) is 35.5 Å². The van der Waals surface area contributed by atoms with Crippen LogP contribution >= 0.6 is 23.1 Å². The molecule has 0 saturated heterocycles. The summed E-state index contributed by atoms with van der Waals surface area (Å²) >= 11 is 3.37. The van der Waals surface area contributed by atoms with Gasteiger partial charge in [-0.1, -0.05) is 36.0 Å². The van der Waals surface area contributed by atoms with Gasteiger partial charge < -0.3 is 0 Å². The molecular weight excluding hydrogens is 410 g/mol. The first-order valence-electron chi connectivity index (χ1n) is 10.3. The Morgan fingerprint density at radius 1 is 1.10 bits per heavy atom. The largest absolute Gasteiger partial charge is 0.283 e. The lowest BCUT2D eigenvalue weighted by molar-refractivity contribution is 0.655. The molecule has 0 fully saturated rings. The molecule has 30 heavy (non-hydrogen) atoms. The lowest BCUT2D eigenvalue weighted by atomic mass is 9.97. The normalized spacial score (nSPS) is 13.5. The highest BCUT2D eigenvalue weighted by Crippen LogP contribution is 2.35. The molecular formula is C24H23N3OS2. The zero-order chi connectivity index (χ0) is 20.5. The number of thiophene rings is 1. The predicted molar refractivity (Wildman–Crippen MR) is 125 cm³/mol. The van der Waals surface area contributed by atoms with Crippen LogP contribution in [0.25, 0.3) is 10.2 Å². The Labute approximate surface area is 184 Å². The highest BCUT2D eigenvalue weighted by molar-refractivity contribution is 7.98. The summed E-state index contributed by atoms with van der Waals surface area (Å²) in [6, 6.07) is 12.3. The first kappa shape index (κ1) is 19.5. The Kier molecular flexibility index (Phi) is 5.44. The van der Waals surface area contributed by atoms with Crippen molar-refractivity contribution in [1.82, 2.24) is 14.5 Å². The van der Waals surface area contributed by atoms with Crippen LogP contribution in [0.4, 0.5) is 0 Å². The van der Waals surface area contributed by atoms with E-state index in [0.717, 1.165) is 46.0 Å². The summed E-state index contributed by atoms with van der Waals surface area (Å²) in [5.41, 5.74) is 4.95. The standard InChI is InChI=1S/C24H23N3OS2/c1-16-6-2-3-7-18(16)15-29-24-26-22-21(19-8-4-5-9-20(19)30-22)23(28)27(24)14-17-10-12-25-13-11-17/h2-3,6-7,10-13H,4-5,8-9,14-15H2,1H3. The highest BCUT2D eigenvalue weighted by Gasteiger charge is 2.22. The smallest absolute Gasteiger partial charge is 0.263 e. The molecule has 0 saturated carbocycles. The molecule has 6 heteroatoms. The van der Waals surface area contributed by atoms with E-state index >= 15 is 0 Å². The van der Waals surface area contributed by atoms with Crippen molar-refractivity contribution in [3.05, 3.63) is 86.3 Å². The number of pyridine rings is 1. The molecule has 4 aromatic rings. The van der Waals surface area contributed by atoms with Crippen LogP contribution in [-0.4, -0.2) is 14.5 Å². The number of hydrogen-bond donors (Lipinski definition) is 0. The minimum atomic E-state index is 0.100. The van der Waals surface area contributed by atoms with Crippen LogP contribution in [0.15, 0.2) is 58.7 Å². The SMILES string of the molecule is Cc1ccccc1CSc1nc2sc3c(c2c(=O)n1Cc1ccncc1)CCCC3. The second-order valence-corrected chi connectivity index (χ2v) is 9.77. The molecule has 0 unspecified atom stereocenters. The van der Waals surface area contributed by atoms with Crippen LogP contribution in [-0.2, 0) is 25.1 Å². The fourth-order valence-electron chi connectivity index (χ4n) is 4.05. The summed E-state index contributed by atoms with van der Waals surface area (Å²) in [7, 11) is 0. The van der Waals surface area contributed by atoms with E-state index in [0.29, 0.717) is 6.54 Å². The summed E-state index contributed by atoms with van der Waals surface area (Å²) in [5, 5.41) is 1.65. The van der Waals surface area contributed by atoms with Crippen molar-refractivity contribution in [2.75, 3.05) is 0 Å². The van der Waals surface area contributed by atoms with Gasteiger partial charge in [0.15, 0.2) is 5.16 Å². The van der Waals surface area contributed by atoms with Gasteiger partial charge in [-0.25, -0.2) is 4.98 Å². The first-order valence-corrected chi connectivity index (χ1v) is 12.1. The third kappa shape index (κ3) is 3.70. The fraction of sp³-hybridized carbons (Fsp3) is 0.292. The fourth-order valence-corrected chi connectivity index (χ4v) is 6.43. The molecule has 3 aromatic heterocycles. The van der Waals surface area contributed by atoms with Crippen LogP contribution in [0, 0.1) is 6.92 Å². The number of nitrogens with zero attached hydrogens (tertiary/aromatic N) is 3. The molecule has 0 amide bonds. The molecule has 0 radical (unpaired) electrons. The van der Waals surface area contributed by atoms with Gasteiger partial charge >= 0.3 is 0 Å². The highest BCUT2D eigenvalue weighted by atomic mass is 32.2. The van der Waals surface area contributed by atoms with Crippen molar-refractivity contribution >= 4 is 33.3 Å². The zero-order valence-corrected chi connectivity index (χ0v) is 18.6. The number of aryl methyl sites for hydroxylation is 3. The molecule has 0 N–H and O–H groups in total. The molecule has 0 atom stereocenters. The lowest BCUT2D eigenvalue weighted by Gasteiger charge is -2.14. The second kappa shape index (κ2) is 8.36. The van der Waals surface area contributed by atoms with Crippen molar-refractivity contribution in [3.8, 4) is 0 Å². The average Bonchev–Trinajstić information content (AvgIpc) is 3.15. The van der Waals surface area contributed by atoms with E-state index in [4.69, 9.17) is 4.98 Å². The van der Waals surface area contributed by atoms with Gasteiger partial charge in [-0.05, 0) is 67.0 Å². The van der Waals surface area contributed by atoms with Gasteiger partial charge in [-0.2, -0.15) is 0 Å². The molecule has 0 spiro atoms. The zero-order valence-electron chi connectivity index (χ0n) is 16.9. The molecule has 1 aliphatic rings. The number of rotatable bonds is 5. The minimum absolute atomic E-state index is 0.100. The maximum Gasteiger partial charge on any atom is 0.263 e. The van der Waals surface area contributed by atoms with Crippen molar-refractivity contribution in [1.29, 1.82) is 0 Å². The number of benzene rings is 1. The number of fused-ring (bicyclic) bond motifs is 3. The van der Waals surface area contributed by atoms with E-state index in [2.05, 4.69) is 36.2 Å². The van der Waals surface area contributed by atoms with Crippen LogP contribution in [0.1, 0.15) is 40.0 Å². The number of thioether (sulfide) groups is 1. The van der Waals surface area contributed by atoms with Crippen molar-refractivity contribution in [2.24, 2.45) is 0 Å². The molecule has 5 rings (SSSR count). The van der Waals surface area contributed by atoms with Crippen molar-refractivity contribution in [2.45, 2.75) is 50.1 Å². The first-order chi connectivity index (χ1) is 14.7. The van der Waals surface area contributed by atoms with Gasteiger partial charge in [0.2, 0.25) is 0 Å². The van der Waals surface area contributed by atoms with Crippen LogP contribution in [0.2, 0.25) is 0 Å². The molecule has 1 aliphatic carbocycles. The van der Waals surface area contributed by atoms with E-state index < -0.39 is 0 Å². The number of aromatic nitrogens is 3. The average molecular weight is 434 g/mol. The summed E-state index contributed by atoms with van der Waals surface area (Å²) in [6.07, 6.45) is 7.99. The molecule has 152 valence electrons. The Hall–Kier alpha value is -2.44. The summed E-state index contributed by atoms with van der Waals surface area (Å²) in [4.78, 5) is 25.1. The van der Waals surface area contributed by atoms with Gasteiger partial charge in [0.1, 0.15) is 4.83 Å². The number of hydrogen-bond acceptors (Lipinski definition) is 5. The Morgan fingerprint density at radius 3 is 2.73 bits per heavy atom. The Balaban J connectivity index is 1.61. The second-order valence-electron chi connectivity index (χ2n) is 7.75. The van der Waals surface area contributed by atoms with Crippen LogP contribution < -0.4 is 5.56 Å². The quantitative estimate of drug-likeness (QED) is 0.313. The predicted octanol–water partition coefficient (Wildman–Crippen LogP) is 5.38. The van der Waals surface area contributed by atoms with Gasteiger partial charge in [0, 0.05) is 23.0 Å². The molecule has 0 aliphatic heterocycles. The third-order valence-electron chi connectivity index (χ3n) is 5.75. The topological polar surface area (TPSA) is 47.8 Å². The van der Waals surface area contributed by atoms with E-state index in [9.17, 15) is 4.79 Å². The minimum Gasteiger partial charge on any atom is -0.283 e. The monoisotopic (exact) mass is 433 g/mol. The van der Waals surface area contributed by atoms with Crippen molar-refractivity contribution in [3.63, 3.8) is 0 Å². The molecule has 3 heterocycles. The van der Waals surface area contributed by atoms with E-state index in [1.807, 2.05) is 16.7 Å². The molecule has 1 aromatic carbocycles. The summed E-state index contributed by atoms with van der Waals surface area (Å²) < 4.78 is 1.86. The third-order valence-corrected chi connectivity index (χ3v) is 7.96. The maximum absolute atomic E-state index is 13.7. The van der Waals surface area contributed by atoms with Gasteiger partial charge in [0.25, 0.3) is 5.56 Å².